The molecule has 0 aliphatic rings. The molecule has 0 amide bonds. The van der Waals surface area contributed by atoms with Crippen molar-refractivity contribution in [3.8, 4) is 11.8 Å². The summed E-state index contributed by atoms with van der Waals surface area (Å²) in [7, 11) is 0. The summed E-state index contributed by atoms with van der Waals surface area (Å²) in [5, 5.41) is 8.51. The van der Waals surface area contributed by atoms with Gasteiger partial charge >= 0.3 is 0 Å². The predicted octanol–water partition coefficient (Wildman–Crippen LogP) is 3.37. The average Bonchev–Trinajstić information content (AvgIpc) is 2.30. The summed E-state index contributed by atoms with van der Waals surface area (Å²) in [5.41, 5.74) is 0.666. The summed E-state index contributed by atoms with van der Waals surface area (Å²) in [6.07, 6.45) is 1.00. The number of hydrogen-bond donors (Lipinski definition) is 0. The minimum Gasteiger partial charge on any atom is -0.494 e. The molecule has 0 fully saturated rings. The fourth-order valence-corrected chi connectivity index (χ4v) is 0.846. The van der Waals surface area contributed by atoms with E-state index >= 15 is 0 Å². The van der Waals surface area contributed by atoms with E-state index in [4.69, 9.17) is 10.00 Å². The Hall–Kier alpha value is -1.49. The number of nitriles is 1. The van der Waals surface area contributed by atoms with Crippen molar-refractivity contribution >= 4 is 0 Å². The van der Waals surface area contributed by atoms with Crippen LogP contribution in [0, 0.1) is 11.3 Å². The standard InChI is InChI=1S/C10H11NO.C2H6/c1-2-7-12-10-5-3-9(8-11)4-6-10;1-2/h3-6H,2,7H2,1H3;1-2H3. The second-order valence-electron chi connectivity index (χ2n) is 2.48. The zero-order valence-corrected chi connectivity index (χ0v) is 9.08. The summed E-state index contributed by atoms with van der Waals surface area (Å²) < 4.78 is 5.35. The van der Waals surface area contributed by atoms with E-state index < -0.39 is 0 Å². The smallest absolute Gasteiger partial charge is 0.119 e. The van der Waals surface area contributed by atoms with Gasteiger partial charge < -0.3 is 4.74 Å². The van der Waals surface area contributed by atoms with Gasteiger partial charge in [-0.3, -0.25) is 0 Å². The van der Waals surface area contributed by atoms with Gasteiger partial charge in [-0.2, -0.15) is 5.26 Å². The van der Waals surface area contributed by atoms with E-state index in [-0.39, 0.29) is 0 Å². The lowest BCUT2D eigenvalue weighted by Gasteiger charge is -2.02. The Kier molecular flexibility index (Phi) is 7.26. The van der Waals surface area contributed by atoms with Crippen molar-refractivity contribution in [2.75, 3.05) is 6.61 Å². The third-order valence-electron chi connectivity index (χ3n) is 1.46. The first-order valence-electron chi connectivity index (χ1n) is 4.99. The van der Waals surface area contributed by atoms with Crippen molar-refractivity contribution in [2.45, 2.75) is 27.2 Å². The Labute approximate surface area is 86.1 Å². The minimum atomic E-state index is 0.666. The van der Waals surface area contributed by atoms with Gasteiger partial charge in [0.15, 0.2) is 0 Å². The van der Waals surface area contributed by atoms with Crippen LogP contribution in [0.2, 0.25) is 0 Å². The van der Waals surface area contributed by atoms with Crippen LogP contribution >= 0.6 is 0 Å². The molecule has 0 aliphatic heterocycles. The molecule has 0 N–H and O–H groups in total. The van der Waals surface area contributed by atoms with Crippen molar-refractivity contribution in [3.05, 3.63) is 29.8 Å². The lowest BCUT2D eigenvalue weighted by molar-refractivity contribution is 0.317. The van der Waals surface area contributed by atoms with Crippen molar-refractivity contribution in [2.24, 2.45) is 0 Å². The van der Waals surface area contributed by atoms with Gasteiger partial charge in [0.25, 0.3) is 0 Å². The number of nitrogens with zero attached hydrogens (tertiary/aromatic N) is 1. The van der Waals surface area contributed by atoms with Crippen molar-refractivity contribution in [3.63, 3.8) is 0 Å². The summed E-state index contributed by atoms with van der Waals surface area (Å²) >= 11 is 0. The van der Waals surface area contributed by atoms with Gasteiger partial charge in [0.05, 0.1) is 18.2 Å². The maximum atomic E-state index is 8.51. The topological polar surface area (TPSA) is 33.0 Å². The molecule has 0 saturated carbocycles. The molecule has 1 rings (SSSR count). The van der Waals surface area contributed by atoms with E-state index in [1.54, 1.807) is 12.1 Å². The molecule has 0 spiro atoms. The highest BCUT2D eigenvalue weighted by molar-refractivity contribution is 5.34. The van der Waals surface area contributed by atoms with Crippen LogP contribution in [0.4, 0.5) is 0 Å². The zero-order valence-electron chi connectivity index (χ0n) is 9.08. The van der Waals surface area contributed by atoms with Crippen LogP contribution < -0.4 is 4.74 Å². The first-order chi connectivity index (χ1) is 6.86. The van der Waals surface area contributed by atoms with Crippen LogP contribution in [0.25, 0.3) is 0 Å². The molecule has 1 aromatic carbocycles. The predicted molar refractivity (Wildman–Crippen MR) is 58.3 cm³/mol. The molecule has 0 aromatic heterocycles. The first kappa shape index (κ1) is 12.5. The Morgan fingerprint density at radius 3 is 2.21 bits per heavy atom. The second kappa shape index (κ2) is 8.12. The minimum absolute atomic E-state index is 0.666. The monoisotopic (exact) mass is 191 g/mol. The van der Waals surface area contributed by atoms with Crippen molar-refractivity contribution in [1.29, 1.82) is 5.26 Å². The lowest BCUT2D eigenvalue weighted by atomic mass is 10.2. The molecule has 0 atom stereocenters. The Bertz CT molecular complexity index is 271. The Balaban J connectivity index is 0.000000791. The van der Waals surface area contributed by atoms with Gasteiger partial charge in [-0.05, 0) is 30.7 Å². The van der Waals surface area contributed by atoms with Crippen LogP contribution in [0.3, 0.4) is 0 Å². The molecule has 0 heterocycles. The Morgan fingerprint density at radius 2 is 1.79 bits per heavy atom. The molecule has 0 unspecified atom stereocenters. The second-order valence-corrected chi connectivity index (χ2v) is 2.48. The van der Waals surface area contributed by atoms with Gasteiger partial charge in [-0.1, -0.05) is 20.8 Å². The van der Waals surface area contributed by atoms with Crippen LogP contribution in [-0.4, -0.2) is 6.61 Å². The molecular formula is C12H17NO. The highest BCUT2D eigenvalue weighted by atomic mass is 16.5. The highest BCUT2D eigenvalue weighted by Gasteiger charge is 1.92. The molecule has 0 aliphatic carbocycles. The normalized spacial score (nSPS) is 8.14. The van der Waals surface area contributed by atoms with Gasteiger partial charge in [0.2, 0.25) is 0 Å². The summed E-state index contributed by atoms with van der Waals surface area (Å²) in [6.45, 7) is 6.79. The molecule has 0 radical (unpaired) electrons. The molecular weight excluding hydrogens is 174 g/mol. The average molecular weight is 191 g/mol. The van der Waals surface area contributed by atoms with Gasteiger partial charge in [0, 0.05) is 0 Å². The number of rotatable bonds is 3. The van der Waals surface area contributed by atoms with Gasteiger partial charge in [0.1, 0.15) is 5.75 Å². The van der Waals surface area contributed by atoms with Crippen molar-refractivity contribution in [1.82, 2.24) is 0 Å². The van der Waals surface area contributed by atoms with Crippen LogP contribution in [0.15, 0.2) is 24.3 Å². The van der Waals surface area contributed by atoms with E-state index in [2.05, 4.69) is 13.0 Å². The molecule has 0 saturated heterocycles. The van der Waals surface area contributed by atoms with Crippen LogP contribution in [0.1, 0.15) is 32.8 Å². The molecule has 76 valence electrons. The van der Waals surface area contributed by atoms with E-state index in [0.29, 0.717) is 5.56 Å². The molecule has 2 nitrogen and oxygen atoms in total. The SMILES string of the molecule is CC.CCCOc1ccc(C#N)cc1. The molecule has 1 aromatic rings. The first-order valence-corrected chi connectivity index (χ1v) is 4.99. The third-order valence-corrected chi connectivity index (χ3v) is 1.46. The van der Waals surface area contributed by atoms with E-state index in [1.165, 1.54) is 0 Å². The van der Waals surface area contributed by atoms with E-state index in [0.717, 1.165) is 18.8 Å². The maximum absolute atomic E-state index is 8.51. The largest absolute Gasteiger partial charge is 0.494 e. The van der Waals surface area contributed by atoms with E-state index in [9.17, 15) is 0 Å². The van der Waals surface area contributed by atoms with Crippen LogP contribution in [-0.2, 0) is 0 Å². The van der Waals surface area contributed by atoms with E-state index in [1.807, 2.05) is 26.0 Å². The van der Waals surface area contributed by atoms with Gasteiger partial charge in [-0.15, -0.1) is 0 Å². The molecule has 0 bridgehead atoms. The number of benzene rings is 1. The summed E-state index contributed by atoms with van der Waals surface area (Å²) in [4.78, 5) is 0. The maximum Gasteiger partial charge on any atom is 0.119 e. The molecule has 2 heteroatoms. The zero-order chi connectivity index (χ0) is 10.8. The van der Waals surface area contributed by atoms with Gasteiger partial charge in [-0.25, -0.2) is 0 Å². The fraction of sp³-hybridized carbons (Fsp3) is 0.417. The molecule has 14 heavy (non-hydrogen) atoms. The fourth-order valence-electron chi connectivity index (χ4n) is 0.846. The number of ether oxygens (including phenoxy) is 1. The summed E-state index contributed by atoms with van der Waals surface area (Å²) in [5.74, 6) is 0.829. The van der Waals surface area contributed by atoms with Crippen LogP contribution in [0.5, 0.6) is 5.75 Å². The third kappa shape index (κ3) is 4.51. The highest BCUT2D eigenvalue weighted by Crippen LogP contribution is 2.11. The lowest BCUT2D eigenvalue weighted by Crippen LogP contribution is -1.94. The van der Waals surface area contributed by atoms with Crippen molar-refractivity contribution < 1.29 is 4.74 Å². The number of hydrogen-bond acceptors (Lipinski definition) is 2. The quantitative estimate of drug-likeness (QED) is 0.733. The Morgan fingerprint density at radius 1 is 1.21 bits per heavy atom. The summed E-state index contributed by atoms with van der Waals surface area (Å²) in [6, 6.07) is 9.19.